The number of hydrogen-bond acceptors (Lipinski definition) is 3. The molecule has 3 heteroatoms. The van der Waals surface area contributed by atoms with E-state index in [1.165, 1.54) is 18.5 Å². The Morgan fingerprint density at radius 3 is 2.74 bits per heavy atom. The molecule has 0 saturated carbocycles. The summed E-state index contributed by atoms with van der Waals surface area (Å²) in [6.07, 6.45) is 2.38. The van der Waals surface area contributed by atoms with Crippen LogP contribution in [0.4, 0.5) is 0 Å². The minimum Gasteiger partial charge on any atom is -0.377 e. The van der Waals surface area contributed by atoms with Gasteiger partial charge in [0.25, 0.3) is 0 Å². The Balaban J connectivity index is 1.99. The van der Waals surface area contributed by atoms with Gasteiger partial charge in [0.2, 0.25) is 0 Å². The van der Waals surface area contributed by atoms with Gasteiger partial charge in [0.1, 0.15) is 0 Å². The number of likely N-dealkylation sites (N-methyl/N-ethyl adjacent to an activating group) is 1. The molecule has 1 aromatic rings. The Morgan fingerprint density at radius 2 is 2.11 bits per heavy atom. The third-order valence-corrected chi connectivity index (χ3v) is 4.22. The van der Waals surface area contributed by atoms with Gasteiger partial charge in [-0.2, -0.15) is 0 Å². The van der Waals surface area contributed by atoms with Gasteiger partial charge in [-0.15, -0.1) is 0 Å². The zero-order valence-corrected chi connectivity index (χ0v) is 12.4. The number of hydrogen-bond donors (Lipinski definition) is 1. The third-order valence-electron chi connectivity index (χ3n) is 4.22. The van der Waals surface area contributed by atoms with Crippen LogP contribution in [0.5, 0.6) is 0 Å². The molecule has 0 spiro atoms. The van der Waals surface area contributed by atoms with Gasteiger partial charge < -0.3 is 10.1 Å². The van der Waals surface area contributed by atoms with Crippen LogP contribution in [0, 0.1) is 0 Å². The zero-order chi connectivity index (χ0) is 13.7. The maximum Gasteiger partial charge on any atom is 0.0777 e. The molecular formula is C16H26N2O. The van der Waals surface area contributed by atoms with Crippen molar-refractivity contribution in [1.29, 1.82) is 0 Å². The van der Waals surface area contributed by atoms with Gasteiger partial charge in [-0.3, -0.25) is 4.90 Å². The fraction of sp³-hybridized carbons (Fsp3) is 0.625. The fourth-order valence-electron chi connectivity index (χ4n) is 2.94. The van der Waals surface area contributed by atoms with Crippen molar-refractivity contribution >= 4 is 0 Å². The average Bonchev–Trinajstić information content (AvgIpc) is 2.46. The second-order valence-electron chi connectivity index (χ2n) is 5.74. The molecule has 1 aromatic carbocycles. The largest absolute Gasteiger partial charge is 0.377 e. The van der Waals surface area contributed by atoms with E-state index < -0.39 is 0 Å². The summed E-state index contributed by atoms with van der Waals surface area (Å²) in [6.45, 7) is 5.45. The number of methoxy groups -OCH3 is 1. The third kappa shape index (κ3) is 3.78. The standard InChI is InChI=1S/C16H26N2O/c1-16(19-3)10-7-11-18(13-16)12-15(17-2)14-8-5-4-6-9-14/h4-6,8-9,15,17H,7,10-13H2,1-3H3. The minimum atomic E-state index is 0.0211. The number of nitrogens with one attached hydrogen (secondary N) is 1. The van der Waals surface area contributed by atoms with E-state index in [-0.39, 0.29) is 5.60 Å². The highest BCUT2D eigenvalue weighted by Crippen LogP contribution is 2.25. The molecule has 2 unspecified atom stereocenters. The molecular weight excluding hydrogens is 236 g/mol. The van der Waals surface area contributed by atoms with Crippen molar-refractivity contribution in [3.63, 3.8) is 0 Å². The number of nitrogens with zero attached hydrogens (tertiary/aromatic N) is 1. The molecule has 106 valence electrons. The first-order valence-electron chi connectivity index (χ1n) is 7.16. The van der Waals surface area contributed by atoms with E-state index in [2.05, 4.69) is 47.5 Å². The minimum absolute atomic E-state index is 0.0211. The van der Waals surface area contributed by atoms with Gasteiger partial charge in [-0.1, -0.05) is 30.3 Å². The smallest absolute Gasteiger partial charge is 0.0777 e. The molecule has 0 aromatic heterocycles. The highest BCUT2D eigenvalue weighted by atomic mass is 16.5. The monoisotopic (exact) mass is 262 g/mol. The van der Waals surface area contributed by atoms with Crippen LogP contribution in [0.25, 0.3) is 0 Å². The molecule has 3 nitrogen and oxygen atoms in total. The van der Waals surface area contributed by atoms with E-state index in [1.807, 2.05) is 14.2 Å². The summed E-state index contributed by atoms with van der Waals surface area (Å²) in [5.74, 6) is 0. The molecule has 1 aliphatic heterocycles. The molecule has 0 bridgehead atoms. The van der Waals surface area contributed by atoms with E-state index in [0.29, 0.717) is 6.04 Å². The maximum atomic E-state index is 5.67. The van der Waals surface area contributed by atoms with Gasteiger partial charge in [0.15, 0.2) is 0 Å². The first kappa shape index (κ1) is 14.5. The van der Waals surface area contributed by atoms with Crippen molar-refractivity contribution in [2.24, 2.45) is 0 Å². The normalized spacial score (nSPS) is 26.3. The summed E-state index contributed by atoms with van der Waals surface area (Å²) >= 11 is 0. The summed E-state index contributed by atoms with van der Waals surface area (Å²) in [7, 11) is 3.87. The SMILES string of the molecule is CNC(CN1CCCC(C)(OC)C1)c1ccccc1. The van der Waals surface area contributed by atoms with Crippen molar-refractivity contribution < 1.29 is 4.74 Å². The maximum absolute atomic E-state index is 5.67. The summed E-state index contributed by atoms with van der Waals surface area (Å²) in [5.41, 5.74) is 1.38. The van der Waals surface area contributed by atoms with Crippen molar-refractivity contribution in [2.75, 3.05) is 33.8 Å². The lowest BCUT2D eigenvalue weighted by atomic mass is 9.94. The van der Waals surface area contributed by atoms with Crippen LogP contribution in [0.1, 0.15) is 31.4 Å². The Labute approximate surface area is 116 Å². The van der Waals surface area contributed by atoms with Crippen molar-refractivity contribution in [2.45, 2.75) is 31.4 Å². The van der Waals surface area contributed by atoms with Crippen LogP contribution in [-0.2, 0) is 4.74 Å². The van der Waals surface area contributed by atoms with E-state index in [1.54, 1.807) is 0 Å². The number of rotatable bonds is 5. The average molecular weight is 262 g/mol. The lowest BCUT2D eigenvalue weighted by Crippen LogP contribution is -2.49. The Morgan fingerprint density at radius 1 is 1.37 bits per heavy atom. The predicted molar refractivity (Wildman–Crippen MR) is 79.3 cm³/mol. The summed E-state index contributed by atoms with van der Waals surface area (Å²) in [5, 5.41) is 3.43. The molecule has 1 fully saturated rings. The molecule has 2 rings (SSSR count). The van der Waals surface area contributed by atoms with Crippen molar-refractivity contribution in [3.05, 3.63) is 35.9 Å². The van der Waals surface area contributed by atoms with Crippen molar-refractivity contribution in [1.82, 2.24) is 10.2 Å². The molecule has 0 amide bonds. The van der Waals surface area contributed by atoms with Crippen LogP contribution in [0.15, 0.2) is 30.3 Å². The van der Waals surface area contributed by atoms with Gasteiger partial charge in [-0.05, 0) is 38.9 Å². The highest BCUT2D eigenvalue weighted by Gasteiger charge is 2.31. The predicted octanol–water partition coefficient (Wildman–Crippen LogP) is 2.45. The zero-order valence-electron chi connectivity index (χ0n) is 12.4. The second kappa shape index (κ2) is 6.51. The first-order valence-corrected chi connectivity index (χ1v) is 7.16. The molecule has 1 aliphatic rings. The number of benzene rings is 1. The quantitative estimate of drug-likeness (QED) is 0.882. The van der Waals surface area contributed by atoms with Gasteiger partial charge in [0, 0.05) is 26.2 Å². The van der Waals surface area contributed by atoms with Gasteiger partial charge in [0.05, 0.1) is 5.60 Å². The molecule has 0 radical (unpaired) electrons. The molecule has 0 aliphatic carbocycles. The summed E-state index contributed by atoms with van der Waals surface area (Å²) in [6, 6.07) is 11.1. The molecule has 1 saturated heterocycles. The van der Waals surface area contributed by atoms with E-state index >= 15 is 0 Å². The lowest BCUT2D eigenvalue weighted by Gasteiger charge is -2.40. The first-order chi connectivity index (χ1) is 9.17. The second-order valence-corrected chi connectivity index (χ2v) is 5.74. The van der Waals surface area contributed by atoms with Gasteiger partial charge in [-0.25, -0.2) is 0 Å². The van der Waals surface area contributed by atoms with Crippen molar-refractivity contribution in [3.8, 4) is 0 Å². The molecule has 1 heterocycles. The topological polar surface area (TPSA) is 24.5 Å². The van der Waals surface area contributed by atoms with Crippen LogP contribution >= 0.6 is 0 Å². The lowest BCUT2D eigenvalue weighted by molar-refractivity contribution is -0.0522. The molecule has 19 heavy (non-hydrogen) atoms. The molecule has 2 atom stereocenters. The summed E-state index contributed by atoms with van der Waals surface area (Å²) < 4.78 is 5.67. The van der Waals surface area contributed by atoms with Gasteiger partial charge >= 0.3 is 0 Å². The summed E-state index contributed by atoms with van der Waals surface area (Å²) in [4.78, 5) is 2.52. The number of ether oxygens (including phenoxy) is 1. The van der Waals surface area contributed by atoms with Crippen LogP contribution in [0.2, 0.25) is 0 Å². The van der Waals surface area contributed by atoms with E-state index in [9.17, 15) is 0 Å². The van der Waals surface area contributed by atoms with E-state index in [0.717, 1.165) is 19.5 Å². The number of piperidine rings is 1. The Kier molecular flexibility index (Phi) is 4.97. The van der Waals surface area contributed by atoms with Crippen LogP contribution < -0.4 is 5.32 Å². The Bertz CT molecular complexity index is 382. The molecule has 1 N–H and O–H groups in total. The highest BCUT2D eigenvalue weighted by molar-refractivity contribution is 5.19. The van der Waals surface area contributed by atoms with E-state index in [4.69, 9.17) is 4.74 Å². The van der Waals surface area contributed by atoms with Crippen LogP contribution in [-0.4, -0.2) is 44.3 Å². The number of likely N-dealkylation sites (tertiary alicyclic amines) is 1. The fourth-order valence-corrected chi connectivity index (χ4v) is 2.94. The van der Waals surface area contributed by atoms with Crippen LogP contribution in [0.3, 0.4) is 0 Å². The Hall–Kier alpha value is -0.900.